The molecule has 2 N–H and O–H groups in total. The van der Waals surface area contributed by atoms with Gasteiger partial charge in [0.15, 0.2) is 0 Å². The molecule has 28 heavy (non-hydrogen) atoms. The Morgan fingerprint density at radius 3 is 2.43 bits per heavy atom. The number of aromatic nitrogens is 2. The van der Waals surface area contributed by atoms with Crippen molar-refractivity contribution in [1.82, 2.24) is 9.97 Å². The summed E-state index contributed by atoms with van der Waals surface area (Å²) in [6.07, 6.45) is 3.47. The molecular weight excluding hydrogens is 354 g/mol. The number of hydrogen-bond donors (Lipinski definition) is 2. The highest BCUT2D eigenvalue weighted by atomic mass is 16.6. The molecule has 1 aromatic carbocycles. The molecule has 0 aliphatic carbocycles. The fraction of sp³-hybridized carbons (Fsp3) is 0.238. The van der Waals surface area contributed by atoms with Crippen LogP contribution in [0.3, 0.4) is 0 Å². The number of benzene rings is 1. The summed E-state index contributed by atoms with van der Waals surface area (Å²) in [5, 5.41) is 17.6. The van der Waals surface area contributed by atoms with Gasteiger partial charge in [0.2, 0.25) is 5.82 Å². The van der Waals surface area contributed by atoms with Crippen LogP contribution in [0.5, 0.6) is 0 Å². The van der Waals surface area contributed by atoms with E-state index < -0.39 is 4.92 Å². The molecule has 0 bridgehead atoms. The minimum atomic E-state index is -0.441. The zero-order valence-electron chi connectivity index (χ0n) is 16.1. The summed E-state index contributed by atoms with van der Waals surface area (Å²) in [4.78, 5) is 19.4. The first-order valence-electron chi connectivity index (χ1n) is 8.99. The molecule has 7 nitrogen and oxygen atoms in total. The topological polar surface area (TPSA) is 93.0 Å². The third-order valence-corrected chi connectivity index (χ3v) is 4.28. The van der Waals surface area contributed by atoms with Gasteiger partial charge in [-0.25, -0.2) is 4.98 Å². The predicted octanol–water partition coefficient (Wildman–Crippen LogP) is 5.04. The molecule has 0 aliphatic heterocycles. The third-order valence-electron chi connectivity index (χ3n) is 4.28. The van der Waals surface area contributed by atoms with Crippen molar-refractivity contribution in [1.29, 1.82) is 0 Å². The Labute approximate surface area is 164 Å². The Kier molecular flexibility index (Phi) is 5.54. The van der Waals surface area contributed by atoms with Gasteiger partial charge in [0, 0.05) is 30.7 Å². The van der Waals surface area contributed by atoms with E-state index in [1.54, 1.807) is 18.5 Å². The van der Waals surface area contributed by atoms with E-state index in [0.717, 1.165) is 11.3 Å². The molecule has 2 heterocycles. The molecule has 0 saturated carbocycles. The molecule has 0 unspecified atom stereocenters. The van der Waals surface area contributed by atoms with Gasteiger partial charge in [0.1, 0.15) is 5.82 Å². The van der Waals surface area contributed by atoms with Crippen LogP contribution in [0.15, 0.2) is 60.9 Å². The molecular formula is C21H23N5O2. The Bertz CT molecular complexity index is 951. The Hall–Kier alpha value is -3.48. The summed E-state index contributed by atoms with van der Waals surface area (Å²) in [7, 11) is 0. The lowest BCUT2D eigenvalue weighted by Crippen LogP contribution is -2.10. The summed E-state index contributed by atoms with van der Waals surface area (Å²) < 4.78 is 0. The van der Waals surface area contributed by atoms with Gasteiger partial charge < -0.3 is 10.6 Å². The fourth-order valence-corrected chi connectivity index (χ4v) is 2.68. The van der Waals surface area contributed by atoms with Crippen LogP contribution in [-0.2, 0) is 12.0 Å². The molecule has 3 rings (SSSR count). The van der Waals surface area contributed by atoms with Crippen LogP contribution in [0.2, 0.25) is 0 Å². The minimum Gasteiger partial charge on any atom is -0.366 e. The number of rotatable bonds is 6. The van der Waals surface area contributed by atoms with Crippen molar-refractivity contribution < 1.29 is 4.92 Å². The Morgan fingerprint density at radius 2 is 1.82 bits per heavy atom. The van der Waals surface area contributed by atoms with Gasteiger partial charge >= 0.3 is 5.69 Å². The van der Waals surface area contributed by atoms with Crippen LogP contribution < -0.4 is 10.6 Å². The molecule has 144 valence electrons. The molecule has 0 saturated heterocycles. The maximum atomic E-state index is 11.4. The largest absolute Gasteiger partial charge is 0.366 e. The molecule has 0 atom stereocenters. The number of hydrogen-bond acceptors (Lipinski definition) is 6. The van der Waals surface area contributed by atoms with E-state index in [-0.39, 0.29) is 16.9 Å². The maximum Gasteiger partial charge on any atom is 0.311 e. The summed E-state index contributed by atoms with van der Waals surface area (Å²) in [6, 6.07) is 14.7. The van der Waals surface area contributed by atoms with Crippen molar-refractivity contribution in [2.24, 2.45) is 0 Å². The average Bonchev–Trinajstić information content (AvgIpc) is 2.67. The lowest BCUT2D eigenvalue weighted by molar-refractivity contribution is -0.384. The van der Waals surface area contributed by atoms with Crippen molar-refractivity contribution >= 4 is 23.0 Å². The van der Waals surface area contributed by atoms with Crippen molar-refractivity contribution in [3.05, 3.63) is 82.2 Å². The van der Waals surface area contributed by atoms with Crippen LogP contribution in [-0.4, -0.2) is 14.9 Å². The van der Waals surface area contributed by atoms with E-state index in [0.29, 0.717) is 12.4 Å². The predicted molar refractivity (Wildman–Crippen MR) is 111 cm³/mol. The van der Waals surface area contributed by atoms with E-state index in [1.807, 2.05) is 36.4 Å². The standard InChI is InChI=1S/C21H23N5O2/c1-21(2,3)16-6-8-17(9-7-16)24-20-18(26(27)28)10-11-19(25-20)23-14-15-5-4-12-22-13-15/h4-13H,14H2,1-3H3,(H2,23,24,25). The summed E-state index contributed by atoms with van der Waals surface area (Å²) in [5.41, 5.74) is 2.89. The van der Waals surface area contributed by atoms with E-state index in [2.05, 4.69) is 41.4 Å². The summed E-state index contributed by atoms with van der Waals surface area (Å²) in [5.74, 6) is 0.743. The molecule has 0 aliphatic rings. The van der Waals surface area contributed by atoms with Crippen LogP contribution in [0.4, 0.5) is 23.0 Å². The first kappa shape index (κ1) is 19.3. The maximum absolute atomic E-state index is 11.4. The summed E-state index contributed by atoms with van der Waals surface area (Å²) >= 11 is 0. The second kappa shape index (κ2) is 8.04. The lowest BCUT2D eigenvalue weighted by Gasteiger charge is -2.19. The van der Waals surface area contributed by atoms with Gasteiger partial charge in [-0.2, -0.15) is 0 Å². The fourth-order valence-electron chi connectivity index (χ4n) is 2.68. The van der Waals surface area contributed by atoms with Gasteiger partial charge in [-0.1, -0.05) is 39.0 Å². The van der Waals surface area contributed by atoms with Crippen molar-refractivity contribution in [2.45, 2.75) is 32.7 Å². The number of nitro groups is 1. The van der Waals surface area contributed by atoms with Crippen LogP contribution in [0.1, 0.15) is 31.9 Å². The molecule has 0 radical (unpaired) electrons. The van der Waals surface area contributed by atoms with Crippen LogP contribution in [0.25, 0.3) is 0 Å². The molecule has 0 spiro atoms. The smallest absolute Gasteiger partial charge is 0.311 e. The highest BCUT2D eigenvalue weighted by Gasteiger charge is 2.17. The zero-order valence-corrected chi connectivity index (χ0v) is 16.1. The quantitative estimate of drug-likeness (QED) is 0.462. The Morgan fingerprint density at radius 1 is 1.07 bits per heavy atom. The lowest BCUT2D eigenvalue weighted by atomic mass is 9.87. The van der Waals surface area contributed by atoms with Gasteiger partial charge in [-0.3, -0.25) is 15.1 Å². The van der Waals surface area contributed by atoms with Crippen molar-refractivity contribution in [2.75, 3.05) is 10.6 Å². The number of pyridine rings is 2. The second-order valence-electron chi connectivity index (χ2n) is 7.49. The first-order chi connectivity index (χ1) is 13.3. The van der Waals surface area contributed by atoms with Crippen LogP contribution >= 0.6 is 0 Å². The molecule has 0 amide bonds. The van der Waals surface area contributed by atoms with Gasteiger partial charge in [-0.15, -0.1) is 0 Å². The normalized spacial score (nSPS) is 11.1. The zero-order chi connectivity index (χ0) is 20.1. The highest BCUT2D eigenvalue weighted by Crippen LogP contribution is 2.29. The SMILES string of the molecule is CC(C)(C)c1ccc(Nc2nc(NCc3cccnc3)ccc2[N+](=O)[O-])cc1. The molecule has 0 fully saturated rings. The monoisotopic (exact) mass is 377 g/mol. The van der Waals surface area contributed by atoms with Gasteiger partial charge in [-0.05, 0) is 40.8 Å². The molecule has 7 heteroatoms. The molecule has 3 aromatic rings. The molecule has 2 aromatic heterocycles. The number of nitrogens with zero attached hydrogens (tertiary/aromatic N) is 3. The number of anilines is 3. The van der Waals surface area contributed by atoms with Crippen LogP contribution in [0, 0.1) is 10.1 Å². The van der Waals surface area contributed by atoms with Gasteiger partial charge in [0.05, 0.1) is 4.92 Å². The van der Waals surface area contributed by atoms with Crippen molar-refractivity contribution in [3.8, 4) is 0 Å². The van der Waals surface area contributed by atoms with Crippen molar-refractivity contribution in [3.63, 3.8) is 0 Å². The average molecular weight is 377 g/mol. The minimum absolute atomic E-state index is 0.0406. The van der Waals surface area contributed by atoms with E-state index in [9.17, 15) is 10.1 Å². The highest BCUT2D eigenvalue weighted by molar-refractivity contribution is 5.68. The van der Waals surface area contributed by atoms with E-state index in [4.69, 9.17) is 0 Å². The Balaban J connectivity index is 1.80. The first-order valence-corrected chi connectivity index (χ1v) is 8.99. The van der Waals surface area contributed by atoms with E-state index in [1.165, 1.54) is 11.6 Å². The summed E-state index contributed by atoms with van der Waals surface area (Å²) in [6.45, 7) is 6.94. The second-order valence-corrected chi connectivity index (χ2v) is 7.49. The van der Waals surface area contributed by atoms with E-state index >= 15 is 0 Å². The number of nitrogens with one attached hydrogen (secondary N) is 2. The van der Waals surface area contributed by atoms with Gasteiger partial charge in [0.25, 0.3) is 0 Å². The third kappa shape index (κ3) is 4.82.